The van der Waals surface area contributed by atoms with E-state index in [2.05, 4.69) is 10.9 Å². The average molecular weight is 383 g/mol. The Bertz CT molecular complexity index is 720. The molecular formula is C17H16Cl2N2O4. The van der Waals surface area contributed by atoms with Crippen LogP contribution in [0.2, 0.25) is 10.0 Å². The van der Waals surface area contributed by atoms with Gasteiger partial charge in [-0.2, -0.15) is 0 Å². The van der Waals surface area contributed by atoms with Crippen molar-refractivity contribution in [3.63, 3.8) is 0 Å². The van der Waals surface area contributed by atoms with Gasteiger partial charge in [0.25, 0.3) is 11.8 Å². The highest BCUT2D eigenvalue weighted by molar-refractivity contribution is 6.30. The maximum absolute atomic E-state index is 11.9. The smallest absolute Gasteiger partial charge is 0.279 e. The lowest BCUT2D eigenvalue weighted by atomic mass is 10.3. The molecule has 0 aliphatic heterocycles. The monoisotopic (exact) mass is 382 g/mol. The van der Waals surface area contributed by atoms with Crippen molar-refractivity contribution in [3.05, 3.63) is 58.6 Å². The zero-order chi connectivity index (χ0) is 18.2. The number of ether oxygens (including phenoxy) is 2. The molecule has 0 spiro atoms. The summed E-state index contributed by atoms with van der Waals surface area (Å²) in [5, 5.41) is 1.14. The van der Waals surface area contributed by atoms with E-state index in [1.165, 1.54) is 0 Å². The van der Waals surface area contributed by atoms with E-state index in [9.17, 15) is 9.59 Å². The summed E-state index contributed by atoms with van der Waals surface area (Å²) in [6.07, 6.45) is -0.807. The van der Waals surface area contributed by atoms with Gasteiger partial charge >= 0.3 is 0 Å². The average Bonchev–Trinajstić information content (AvgIpc) is 2.61. The number of rotatable bonds is 6. The first-order valence-corrected chi connectivity index (χ1v) is 8.09. The summed E-state index contributed by atoms with van der Waals surface area (Å²) >= 11 is 11.5. The molecule has 1 unspecified atom stereocenters. The van der Waals surface area contributed by atoms with Gasteiger partial charge in [-0.15, -0.1) is 0 Å². The van der Waals surface area contributed by atoms with Crippen LogP contribution in [0, 0.1) is 0 Å². The standard InChI is InChI=1S/C17H16Cl2N2O4/c1-11(25-15-8-4-13(19)5-9-15)17(23)21-20-16(22)10-24-14-6-2-12(18)3-7-14/h2-9,11H,10H2,1H3,(H,20,22)(H,21,23). The van der Waals surface area contributed by atoms with Gasteiger partial charge in [0.05, 0.1) is 0 Å². The molecule has 8 heteroatoms. The van der Waals surface area contributed by atoms with Crippen LogP contribution in [0.5, 0.6) is 11.5 Å². The number of hydrazine groups is 1. The molecule has 2 aromatic rings. The number of benzene rings is 2. The molecular weight excluding hydrogens is 367 g/mol. The number of carbonyl (C=O) groups is 2. The van der Waals surface area contributed by atoms with Crippen molar-refractivity contribution >= 4 is 35.0 Å². The van der Waals surface area contributed by atoms with Crippen molar-refractivity contribution < 1.29 is 19.1 Å². The van der Waals surface area contributed by atoms with Crippen LogP contribution in [-0.2, 0) is 9.59 Å². The van der Waals surface area contributed by atoms with Crippen molar-refractivity contribution in [1.29, 1.82) is 0 Å². The molecule has 132 valence electrons. The highest BCUT2D eigenvalue weighted by atomic mass is 35.5. The van der Waals surface area contributed by atoms with E-state index in [0.717, 1.165) is 0 Å². The Hall–Kier alpha value is -2.44. The number of halogens is 2. The Balaban J connectivity index is 1.71. The second kappa shape index (κ2) is 9.15. The van der Waals surface area contributed by atoms with Crippen molar-refractivity contribution in [2.24, 2.45) is 0 Å². The van der Waals surface area contributed by atoms with Gasteiger partial charge in [-0.3, -0.25) is 20.4 Å². The van der Waals surface area contributed by atoms with Crippen molar-refractivity contribution in [1.82, 2.24) is 10.9 Å². The maximum Gasteiger partial charge on any atom is 0.279 e. The molecule has 0 saturated carbocycles. The summed E-state index contributed by atoms with van der Waals surface area (Å²) in [6, 6.07) is 13.1. The van der Waals surface area contributed by atoms with Gasteiger partial charge in [0, 0.05) is 10.0 Å². The van der Waals surface area contributed by atoms with Gasteiger partial charge in [0.15, 0.2) is 12.7 Å². The molecule has 25 heavy (non-hydrogen) atoms. The molecule has 0 bridgehead atoms. The number of carbonyl (C=O) groups excluding carboxylic acids is 2. The van der Waals surface area contributed by atoms with E-state index in [1.54, 1.807) is 55.5 Å². The van der Waals surface area contributed by atoms with Gasteiger partial charge in [-0.1, -0.05) is 23.2 Å². The van der Waals surface area contributed by atoms with E-state index < -0.39 is 17.9 Å². The third-order valence-corrected chi connectivity index (χ3v) is 3.51. The Morgan fingerprint density at radius 1 is 0.920 bits per heavy atom. The van der Waals surface area contributed by atoms with Gasteiger partial charge in [0.1, 0.15) is 11.5 Å². The number of hydrogen-bond donors (Lipinski definition) is 2. The Labute approximate surface area is 155 Å². The minimum Gasteiger partial charge on any atom is -0.484 e. The lowest BCUT2D eigenvalue weighted by Gasteiger charge is -2.15. The maximum atomic E-state index is 11.9. The van der Waals surface area contributed by atoms with Crippen molar-refractivity contribution in [2.45, 2.75) is 13.0 Å². The third kappa shape index (κ3) is 6.52. The van der Waals surface area contributed by atoms with Crippen molar-refractivity contribution in [3.8, 4) is 11.5 Å². The molecule has 2 amide bonds. The van der Waals surface area contributed by atoms with Gasteiger partial charge in [-0.25, -0.2) is 0 Å². The van der Waals surface area contributed by atoms with Crippen molar-refractivity contribution in [2.75, 3.05) is 6.61 Å². The second-order valence-electron chi connectivity index (χ2n) is 4.99. The first-order valence-electron chi connectivity index (χ1n) is 7.33. The predicted octanol–water partition coefficient (Wildman–Crippen LogP) is 2.99. The largest absolute Gasteiger partial charge is 0.484 e. The van der Waals surface area contributed by atoms with Crippen LogP contribution in [-0.4, -0.2) is 24.5 Å². The minimum absolute atomic E-state index is 0.256. The zero-order valence-corrected chi connectivity index (χ0v) is 14.8. The SMILES string of the molecule is CC(Oc1ccc(Cl)cc1)C(=O)NNC(=O)COc1ccc(Cl)cc1. The number of amides is 2. The zero-order valence-electron chi connectivity index (χ0n) is 13.3. The molecule has 0 aromatic heterocycles. The number of hydrogen-bond acceptors (Lipinski definition) is 4. The van der Waals surface area contributed by atoms with Gasteiger partial charge in [0.2, 0.25) is 0 Å². The molecule has 0 aliphatic rings. The molecule has 0 saturated heterocycles. The minimum atomic E-state index is -0.807. The predicted molar refractivity (Wildman–Crippen MR) is 94.8 cm³/mol. The normalized spacial score (nSPS) is 11.3. The Kier molecular flexibility index (Phi) is 6.91. The topological polar surface area (TPSA) is 76.7 Å². The van der Waals surface area contributed by atoms with Crippen LogP contribution in [0.15, 0.2) is 48.5 Å². The van der Waals surface area contributed by atoms with E-state index in [1.807, 2.05) is 0 Å². The molecule has 1 atom stereocenters. The highest BCUT2D eigenvalue weighted by Gasteiger charge is 2.15. The summed E-state index contributed by atoms with van der Waals surface area (Å²) < 4.78 is 10.7. The fraction of sp³-hybridized carbons (Fsp3) is 0.176. The first kappa shape index (κ1) is 18.9. The quantitative estimate of drug-likeness (QED) is 0.752. The first-order chi connectivity index (χ1) is 11.9. The fourth-order valence-corrected chi connectivity index (χ4v) is 1.97. The van der Waals surface area contributed by atoms with Crippen LogP contribution in [0.25, 0.3) is 0 Å². The van der Waals surface area contributed by atoms with E-state index in [0.29, 0.717) is 21.5 Å². The van der Waals surface area contributed by atoms with Crippen LogP contribution < -0.4 is 20.3 Å². The van der Waals surface area contributed by atoms with E-state index in [-0.39, 0.29) is 6.61 Å². The summed E-state index contributed by atoms with van der Waals surface area (Å²) in [5.74, 6) is -0.0356. The molecule has 6 nitrogen and oxygen atoms in total. The van der Waals surface area contributed by atoms with Crippen LogP contribution in [0.3, 0.4) is 0 Å². The number of nitrogens with one attached hydrogen (secondary N) is 2. The van der Waals surface area contributed by atoms with Gasteiger partial charge in [-0.05, 0) is 55.5 Å². The van der Waals surface area contributed by atoms with Crippen LogP contribution >= 0.6 is 23.2 Å². The summed E-state index contributed by atoms with van der Waals surface area (Å²) in [4.78, 5) is 23.6. The summed E-state index contributed by atoms with van der Waals surface area (Å²) in [6.45, 7) is 1.30. The summed E-state index contributed by atoms with van der Waals surface area (Å²) in [5.41, 5.74) is 4.52. The third-order valence-electron chi connectivity index (χ3n) is 3.00. The second-order valence-corrected chi connectivity index (χ2v) is 5.87. The molecule has 0 fully saturated rings. The van der Waals surface area contributed by atoms with E-state index in [4.69, 9.17) is 32.7 Å². The van der Waals surface area contributed by atoms with Gasteiger partial charge < -0.3 is 9.47 Å². The molecule has 2 aromatic carbocycles. The lowest BCUT2D eigenvalue weighted by molar-refractivity contribution is -0.133. The van der Waals surface area contributed by atoms with Crippen LogP contribution in [0.1, 0.15) is 6.92 Å². The lowest BCUT2D eigenvalue weighted by Crippen LogP contribution is -2.48. The molecule has 2 N–H and O–H groups in total. The Morgan fingerprint density at radius 3 is 2.00 bits per heavy atom. The molecule has 0 aliphatic carbocycles. The molecule has 0 radical (unpaired) electrons. The molecule has 2 rings (SSSR count). The molecule has 0 heterocycles. The van der Waals surface area contributed by atoms with Crippen LogP contribution in [0.4, 0.5) is 0 Å². The highest BCUT2D eigenvalue weighted by Crippen LogP contribution is 2.17. The summed E-state index contributed by atoms with van der Waals surface area (Å²) in [7, 11) is 0. The Morgan fingerprint density at radius 2 is 1.44 bits per heavy atom. The van der Waals surface area contributed by atoms with E-state index >= 15 is 0 Å². The fourth-order valence-electron chi connectivity index (χ4n) is 1.72.